The van der Waals surface area contributed by atoms with Crippen molar-refractivity contribution in [3.63, 3.8) is 0 Å². The highest BCUT2D eigenvalue weighted by atomic mass is 35.5. The molecule has 0 saturated heterocycles. The molecule has 1 heterocycles. The fourth-order valence-electron chi connectivity index (χ4n) is 2.89. The molecule has 150 valence electrons. The Morgan fingerprint density at radius 1 is 1.03 bits per heavy atom. The van der Waals surface area contributed by atoms with Crippen LogP contribution in [0.4, 0.5) is 0 Å². The van der Waals surface area contributed by atoms with Crippen LogP contribution >= 0.6 is 11.6 Å². The molecule has 0 atom stereocenters. The van der Waals surface area contributed by atoms with E-state index >= 15 is 0 Å². The number of para-hydroxylation sites is 1. The van der Waals surface area contributed by atoms with Gasteiger partial charge in [0.25, 0.3) is 5.91 Å². The molecule has 2 aromatic carbocycles. The molecule has 0 fully saturated rings. The fourth-order valence-corrected chi connectivity index (χ4v) is 3.02. The topological polar surface area (TPSA) is 51.7 Å². The summed E-state index contributed by atoms with van der Waals surface area (Å²) in [6, 6.07) is 20.4. The molecule has 3 aromatic rings. The van der Waals surface area contributed by atoms with Crippen LogP contribution in [-0.2, 0) is 17.8 Å². The maximum Gasteiger partial charge on any atom is 0.260 e. The van der Waals surface area contributed by atoms with Crippen LogP contribution < -0.4 is 9.47 Å². The molecule has 0 unspecified atom stereocenters. The zero-order valence-corrected chi connectivity index (χ0v) is 17.0. The molecule has 0 aliphatic rings. The van der Waals surface area contributed by atoms with Crippen LogP contribution in [0.15, 0.2) is 72.9 Å². The summed E-state index contributed by atoms with van der Waals surface area (Å²) < 4.78 is 11.1. The van der Waals surface area contributed by atoms with Gasteiger partial charge in [0.1, 0.15) is 11.5 Å². The Bertz CT molecular complexity index is 917. The van der Waals surface area contributed by atoms with E-state index in [2.05, 4.69) is 4.98 Å². The molecule has 29 heavy (non-hydrogen) atoms. The smallest absolute Gasteiger partial charge is 0.260 e. The summed E-state index contributed by atoms with van der Waals surface area (Å²) in [5.74, 6) is 1.24. The number of amides is 1. The minimum atomic E-state index is -0.109. The van der Waals surface area contributed by atoms with Crippen LogP contribution in [0, 0.1) is 0 Å². The highest BCUT2D eigenvalue weighted by molar-refractivity contribution is 6.30. The molecule has 1 amide bonds. The molecule has 6 heteroatoms. The lowest BCUT2D eigenvalue weighted by Crippen LogP contribution is -2.36. The second-order valence-corrected chi connectivity index (χ2v) is 6.88. The summed E-state index contributed by atoms with van der Waals surface area (Å²) in [6.07, 6.45) is 2.41. The number of rotatable bonds is 9. The molecule has 0 saturated carbocycles. The van der Waals surface area contributed by atoms with E-state index in [0.29, 0.717) is 30.3 Å². The molecular weight excluding hydrogens is 388 g/mol. The summed E-state index contributed by atoms with van der Waals surface area (Å²) >= 11 is 5.89. The van der Waals surface area contributed by atoms with E-state index in [4.69, 9.17) is 21.1 Å². The summed E-state index contributed by atoms with van der Waals surface area (Å²) in [6.45, 7) is 0.899. The lowest BCUT2D eigenvalue weighted by atomic mass is 10.1. The second kappa shape index (κ2) is 10.5. The molecule has 3 rings (SSSR count). The van der Waals surface area contributed by atoms with E-state index < -0.39 is 0 Å². The van der Waals surface area contributed by atoms with Gasteiger partial charge in [-0.15, -0.1) is 0 Å². The summed E-state index contributed by atoms with van der Waals surface area (Å²) in [7, 11) is 1.63. The Labute approximate surface area is 175 Å². The van der Waals surface area contributed by atoms with Crippen molar-refractivity contribution in [2.45, 2.75) is 13.0 Å². The number of aromatic nitrogens is 1. The molecule has 0 aliphatic carbocycles. The van der Waals surface area contributed by atoms with Crippen molar-refractivity contribution >= 4 is 17.5 Å². The number of hydrogen-bond acceptors (Lipinski definition) is 4. The lowest BCUT2D eigenvalue weighted by Gasteiger charge is -2.24. The van der Waals surface area contributed by atoms with Gasteiger partial charge in [0.2, 0.25) is 0 Å². The predicted octanol–water partition coefficient (Wildman–Crippen LogP) is 4.39. The second-order valence-electron chi connectivity index (χ2n) is 6.44. The normalized spacial score (nSPS) is 10.4. The van der Waals surface area contributed by atoms with Crippen LogP contribution in [0.3, 0.4) is 0 Å². The maximum absolute atomic E-state index is 12.9. The Balaban J connectivity index is 1.69. The third kappa shape index (κ3) is 6.22. The first-order valence-corrected chi connectivity index (χ1v) is 9.71. The van der Waals surface area contributed by atoms with E-state index in [1.54, 1.807) is 42.5 Å². The van der Waals surface area contributed by atoms with E-state index in [0.717, 1.165) is 17.0 Å². The minimum Gasteiger partial charge on any atom is -0.496 e. The van der Waals surface area contributed by atoms with Crippen LogP contribution in [-0.4, -0.2) is 36.1 Å². The van der Waals surface area contributed by atoms with Crippen LogP contribution in [0.1, 0.15) is 11.3 Å². The molecule has 0 radical (unpaired) electrons. The number of halogens is 1. The maximum atomic E-state index is 12.9. The van der Waals surface area contributed by atoms with Gasteiger partial charge in [-0.2, -0.15) is 0 Å². The summed E-state index contributed by atoms with van der Waals surface area (Å²) in [5.41, 5.74) is 1.87. The third-order valence-electron chi connectivity index (χ3n) is 4.45. The van der Waals surface area contributed by atoms with Gasteiger partial charge in [-0.3, -0.25) is 9.78 Å². The molecular formula is C23H23ClN2O3. The van der Waals surface area contributed by atoms with Crippen molar-refractivity contribution in [3.05, 3.63) is 89.2 Å². The van der Waals surface area contributed by atoms with Gasteiger partial charge in [0.15, 0.2) is 6.61 Å². The van der Waals surface area contributed by atoms with E-state index in [1.807, 2.05) is 42.5 Å². The third-order valence-corrected chi connectivity index (χ3v) is 4.70. The minimum absolute atomic E-state index is 0.0565. The average molecular weight is 411 g/mol. The zero-order valence-electron chi connectivity index (χ0n) is 16.3. The predicted molar refractivity (Wildman–Crippen MR) is 113 cm³/mol. The largest absolute Gasteiger partial charge is 0.496 e. The SMILES string of the molecule is COc1ccccc1CN(CCc1ccccn1)C(=O)COc1ccc(Cl)cc1. The van der Waals surface area contributed by atoms with Crippen molar-refractivity contribution in [1.29, 1.82) is 0 Å². The first kappa shape index (κ1) is 20.7. The Morgan fingerprint density at radius 2 is 1.79 bits per heavy atom. The van der Waals surface area contributed by atoms with Crippen molar-refractivity contribution in [2.75, 3.05) is 20.3 Å². The molecule has 0 N–H and O–H groups in total. The van der Waals surface area contributed by atoms with Gasteiger partial charge in [-0.1, -0.05) is 35.9 Å². The van der Waals surface area contributed by atoms with Gasteiger partial charge in [-0.05, 0) is 42.5 Å². The number of pyridine rings is 1. The number of carbonyl (C=O) groups is 1. The van der Waals surface area contributed by atoms with E-state index in [1.165, 1.54) is 0 Å². The average Bonchev–Trinajstić information content (AvgIpc) is 2.77. The van der Waals surface area contributed by atoms with Crippen LogP contribution in [0.2, 0.25) is 5.02 Å². The van der Waals surface area contributed by atoms with Gasteiger partial charge in [-0.25, -0.2) is 0 Å². The number of carbonyl (C=O) groups excluding carboxylic acids is 1. The molecule has 1 aromatic heterocycles. The fraction of sp³-hybridized carbons (Fsp3) is 0.217. The van der Waals surface area contributed by atoms with Crippen molar-refractivity contribution in [3.8, 4) is 11.5 Å². The van der Waals surface area contributed by atoms with Crippen LogP contribution in [0.25, 0.3) is 0 Å². The number of benzene rings is 2. The standard InChI is InChI=1S/C23H23ClN2O3/c1-28-22-8-3-2-6-18(22)16-26(15-13-20-7-4-5-14-25-20)23(27)17-29-21-11-9-19(24)10-12-21/h2-12,14H,13,15-17H2,1H3. The Kier molecular flexibility index (Phi) is 7.47. The molecule has 0 spiro atoms. The highest BCUT2D eigenvalue weighted by Gasteiger charge is 2.17. The number of hydrogen-bond donors (Lipinski definition) is 0. The highest BCUT2D eigenvalue weighted by Crippen LogP contribution is 2.20. The van der Waals surface area contributed by atoms with Crippen molar-refractivity contribution in [2.24, 2.45) is 0 Å². The summed E-state index contributed by atoms with van der Waals surface area (Å²) in [4.78, 5) is 19.0. The van der Waals surface area contributed by atoms with E-state index in [-0.39, 0.29) is 12.5 Å². The van der Waals surface area contributed by atoms with Crippen molar-refractivity contribution < 1.29 is 14.3 Å². The number of nitrogens with zero attached hydrogens (tertiary/aromatic N) is 2. The molecule has 5 nitrogen and oxygen atoms in total. The van der Waals surface area contributed by atoms with E-state index in [9.17, 15) is 4.79 Å². The monoisotopic (exact) mass is 410 g/mol. The first-order chi connectivity index (χ1) is 14.2. The molecule has 0 aliphatic heterocycles. The number of ether oxygens (including phenoxy) is 2. The number of methoxy groups -OCH3 is 1. The zero-order chi connectivity index (χ0) is 20.5. The molecule has 0 bridgehead atoms. The summed E-state index contributed by atoms with van der Waals surface area (Å²) in [5, 5.41) is 0.622. The Hall–Kier alpha value is -3.05. The van der Waals surface area contributed by atoms with Gasteiger partial charge >= 0.3 is 0 Å². The van der Waals surface area contributed by atoms with Gasteiger partial charge in [0.05, 0.1) is 7.11 Å². The first-order valence-electron chi connectivity index (χ1n) is 9.33. The van der Waals surface area contributed by atoms with Gasteiger partial charge < -0.3 is 14.4 Å². The van der Waals surface area contributed by atoms with Crippen LogP contribution in [0.5, 0.6) is 11.5 Å². The Morgan fingerprint density at radius 3 is 2.52 bits per heavy atom. The van der Waals surface area contributed by atoms with Gasteiger partial charge in [0, 0.05) is 42.0 Å². The lowest BCUT2D eigenvalue weighted by molar-refractivity contribution is -0.134. The van der Waals surface area contributed by atoms with Crippen molar-refractivity contribution in [1.82, 2.24) is 9.88 Å². The quantitative estimate of drug-likeness (QED) is 0.525.